The van der Waals surface area contributed by atoms with Gasteiger partial charge in [-0.1, -0.05) is 15.9 Å². The molecule has 0 saturated heterocycles. The van der Waals surface area contributed by atoms with E-state index in [2.05, 4.69) is 21.2 Å². The Labute approximate surface area is 165 Å². The van der Waals surface area contributed by atoms with Gasteiger partial charge in [-0.2, -0.15) is 4.39 Å². The van der Waals surface area contributed by atoms with E-state index >= 15 is 0 Å². The highest BCUT2D eigenvalue weighted by atomic mass is 79.9. The summed E-state index contributed by atoms with van der Waals surface area (Å²) in [6, 6.07) is 5.41. The molecule has 10 heteroatoms. The van der Waals surface area contributed by atoms with E-state index in [4.69, 9.17) is 5.11 Å². The number of aliphatic hydroxyl groups is 2. The van der Waals surface area contributed by atoms with Crippen molar-refractivity contribution < 1.29 is 19.0 Å². The van der Waals surface area contributed by atoms with Gasteiger partial charge in [0, 0.05) is 17.7 Å². The van der Waals surface area contributed by atoms with Gasteiger partial charge in [0.25, 0.3) is 11.1 Å². The molecular weight excluding hydrogens is 440 g/mol. The Morgan fingerprint density at radius 2 is 1.93 bits per heavy atom. The SMILES string of the molecule is Cn1c(=O)c(F)c(Nc2ccc(Br)cc2F)c2c(=O)n(CC(O)CO)ccc21. The predicted octanol–water partition coefficient (Wildman–Crippen LogP) is 1.84. The van der Waals surface area contributed by atoms with Gasteiger partial charge in [-0.25, -0.2) is 4.39 Å². The second-order valence-electron chi connectivity index (χ2n) is 6.17. The summed E-state index contributed by atoms with van der Waals surface area (Å²) < 4.78 is 31.5. The topological polar surface area (TPSA) is 96.5 Å². The molecule has 0 radical (unpaired) electrons. The van der Waals surface area contributed by atoms with Crippen molar-refractivity contribution in [2.45, 2.75) is 12.6 Å². The van der Waals surface area contributed by atoms with Crippen LogP contribution in [0.4, 0.5) is 20.2 Å². The Morgan fingerprint density at radius 3 is 2.57 bits per heavy atom. The molecule has 0 fully saturated rings. The van der Waals surface area contributed by atoms with E-state index in [-0.39, 0.29) is 23.1 Å². The summed E-state index contributed by atoms with van der Waals surface area (Å²) in [4.78, 5) is 25.1. The molecule has 148 valence electrons. The molecule has 0 bridgehead atoms. The Balaban J connectivity index is 2.29. The maximum atomic E-state index is 14.8. The highest BCUT2D eigenvalue weighted by Gasteiger charge is 2.20. The molecule has 3 rings (SSSR count). The fourth-order valence-corrected chi connectivity index (χ4v) is 3.16. The van der Waals surface area contributed by atoms with Gasteiger partial charge < -0.3 is 24.7 Å². The predicted molar refractivity (Wildman–Crippen MR) is 104 cm³/mol. The lowest BCUT2D eigenvalue weighted by molar-refractivity contribution is 0.0805. The van der Waals surface area contributed by atoms with Crippen LogP contribution in [-0.4, -0.2) is 32.1 Å². The number of nitrogens with zero attached hydrogens (tertiary/aromatic N) is 2. The summed E-state index contributed by atoms with van der Waals surface area (Å²) in [5.74, 6) is -1.95. The fourth-order valence-electron chi connectivity index (χ4n) is 2.82. The first kappa shape index (κ1) is 20.2. The number of rotatable bonds is 5. The van der Waals surface area contributed by atoms with Crippen LogP contribution in [0.25, 0.3) is 10.9 Å². The van der Waals surface area contributed by atoms with Crippen LogP contribution in [0.3, 0.4) is 0 Å². The Bertz CT molecular complexity index is 1180. The lowest BCUT2D eigenvalue weighted by atomic mass is 10.2. The highest BCUT2D eigenvalue weighted by Crippen LogP contribution is 2.28. The molecule has 7 nitrogen and oxygen atoms in total. The van der Waals surface area contributed by atoms with Crippen molar-refractivity contribution in [3.63, 3.8) is 0 Å². The van der Waals surface area contributed by atoms with Crippen molar-refractivity contribution in [1.29, 1.82) is 0 Å². The maximum absolute atomic E-state index is 14.8. The van der Waals surface area contributed by atoms with Crippen molar-refractivity contribution in [3.05, 3.63) is 67.3 Å². The number of benzene rings is 1. The number of fused-ring (bicyclic) bond motifs is 1. The van der Waals surface area contributed by atoms with Gasteiger partial charge >= 0.3 is 0 Å². The van der Waals surface area contributed by atoms with Gasteiger partial charge in [-0.15, -0.1) is 0 Å². The largest absolute Gasteiger partial charge is 0.394 e. The quantitative estimate of drug-likeness (QED) is 0.545. The molecule has 3 N–H and O–H groups in total. The third-order valence-electron chi connectivity index (χ3n) is 4.28. The molecule has 2 heterocycles. The number of pyridine rings is 2. The molecular formula is C18H16BrF2N3O4. The number of anilines is 2. The van der Waals surface area contributed by atoms with Crippen LogP contribution in [0, 0.1) is 11.6 Å². The normalized spacial score (nSPS) is 12.4. The smallest absolute Gasteiger partial charge is 0.289 e. The summed E-state index contributed by atoms with van der Waals surface area (Å²) in [5, 5.41) is 20.9. The number of hydrogen-bond donors (Lipinski definition) is 3. The third kappa shape index (κ3) is 3.58. The van der Waals surface area contributed by atoms with E-state index < -0.39 is 41.2 Å². The van der Waals surface area contributed by atoms with Gasteiger partial charge in [0.1, 0.15) is 5.82 Å². The van der Waals surface area contributed by atoms with Crippen LogP contribution in [0.2, 0.25) is 0 Å². The van der Waals surface area contributed by atoms with E-state index in [1.54, 1.807) is 0 Å². The molecule has 0 aliphatic carbocycles. The van der Waals surface area contributed by atoms with Gasteiger partial charge in [0.05, 0.1) is 41.5 Å². The van der Waals surface area contributed by atoms with Crippen LogP contribution < -0.4 is 16.4 Å². The standard InChI is InChI=1S/C18H16BrF2N3O4/c1-23-13-4-5-24(7-10(26)8-25)17(27)14(13)16(15(21)18(23)28)22-12-3-2-9(19)6-11(12)20/h2-6,10,22,25-26H,7-8H2,1H3. The molecule has 2 aromatic heterocycles. The van der Waals surface area contributed by atoms with Crippen molar-refractivity contribution in [2.24, 2.45) is 7.05 Å². The van der Waals surface area contributed by atoms with E-state index in [9.17, 15) is 23.5 Å². The zero-order chi connectivity index (χ0) is 20.6. The molecule has 1 atom stereocenters. The van der Waals surface area contributed by atoms with E-state index in [0.717, 1.165) is 15.2 Å². The number of aliphatic hydroxyl groups excluding tert-OH is 2. The monoisotopic (exact) mass is 455 g/mol. The summed E-state index contributed by atoms with van der Waals surface area (Å²) >= 11 is 3.12. The molecule has 0 amide bonds. The molecule has 0 aliphatic heterocycles. The molecule has 28 heavy (non-hydrogen) atoms. The van der Waals surface area contributed by atoms with Gasteiger partial charge in [0.2, 0.25) is 5.82 Å². The minimum atomic E-state index is -1.24. The lowest BCUT2D eigenvalue weighted by Gasteiger charge is -2.16. The van der Waals surface area contributed by atoms with Crippen LogP contribution in [0.5, 0.6) is 0 Å². The average Bonchev–Trinajstić information content (AvgIpc) is 2.66. The first-order valence-electron chi connectivity index (χ1n) is 8.17. The Morgan fingerprint density at radius 1 is 1.21 bits per heavy atom. The van der Waals surface area contributed by atoms with E-state index in [1.165, 1.54) is 31.4 Å². The van der Waals surface area contributed by atoms with Crippen molar-refractivity contribution in [1.82, 2.24) is 9.13 Å². The first-order chi connectivity index (χ1) is 13.2. The third-order valence-corrected chi connectivity index (χ3v) is 4.77. The van der Waals surface area contributed by atoms with Crippen molar-refractivity contribution in [3.8, 4) is 0 Å². The van der Waals surface area contributed by atoms with E-state index in [0.29, 0.717) is 4.47 Å². The number of aromatic nitrogens is 2. The fraction of sp³-hybridized carbons (Fsp3) is 0.222. The zero-order valence-electron chi connectivity index (χ0n) is 14.6. The maximum Gasteiger partial charge on any atom is 0.289 e. The van der Waals surface area contributed by atoms with E-state index in [1.807, 2.05) is 0 Å². The first-order valence-corrected chi connectivity index (χ1v) is 8.96. The second-order valence-corrected chi connectivity index (χ2v) is 7.09. The van der Waals surface area contributed by atoms with Crippen LogP contribution in [0.1, 0.15) is 0 Å². The number of halogens is 3. The average molecular weight is 456 g/mol. The molecule has 0 aliphatic rings. The van der Waals surface area contributed by atoms with Crippen LogP contribution >= 0.6 is 15.9 Å². The molecule has 1 aromatic carbocycles. The molecule has 3 aromatic rings. The minimum Gasteiger partial charge on any atom is -0.394 e. The van der Waals surface area contributed by atoms with Crippen LogP contribution in [0.15, 0.2) is 44.5 Å². The van der Waals surface area contributed by atoms with Crippen molar-refractivity contribution >= 4 is 38.2 Å². The van der Waals surface area contributed by atoms with Gasteiger partial charge in [-0.05, 0) is 24.3 Å². The number of hydrogen-bond acceptors (Lipinski definition) is 5. The molecule has 0 spiro atoms. The molecule has 1 unspecified atom stereocenters. The summed E-state index contributed by atoms with van der Waals surface area (Å²) in [7, 11) is 1.31. The van der Waals surface area contributed by atoms with Gasteiger partial charge in [0.15, 0.2) is 0 Å². The Hall–Kier alpha value is -2.56. The number of aryl methyl sites for hydroxylation is 1. The Kier molecular flexibility index (Phi) is 5.64. The summed E-state index contributed by atoms with van der Waals surface area (Å²) in [6.45, 7) is -0.802. The molecule has 0 saturated carbocycles. The highest BCUT2D eigenvalue weighted by molar-refractivity contribution is 9.10. The van der Waals surface area contributed by atoms with Crippen molar-refractivity contribution in [2.75, 3.05) is 11.9 Å². The summed E-state index contributed by atoms with van der Waals surface area (Å²) in [6.07, 6.45) is 0.123. The number of nitrogens with one attached hydrogen (secondary N) is 1. The van der Waals surface area contributed by atoms with Crippen LogP contribution in [-0.2, 0) is 13.6 Å². The minimum absolute atomic E-state index is 0.123. The second kappa shape index (κ2) is 7.82. The lowest BCUT2D eigenvalue weighted by Crippen LogP contribution is -2.31. The summed E-state index contributed by atoms with van der Waals surface area (Å²) in [5.41, 5.74) is -2.15. The zero-order valence-corrected chi connectivity index (χ0v) is 16.2. The van der Waals surface area contributed by atoms with Gasteiger partial charge in [-0.3, -0.25) is 9.59 Å².